The van der Waals surface area contributed by atoms with Crippen LogP contribution in [0, 0.1) is 11.8 Å². The second kappa shape index (κ2) is 6.05. The fraction of sp³-hybridized carbons (Fsp3) is 0.538. The van der Waals surface area contributed by atoms with E-state index >= 15 is 0 Å². The van der Waals surface area contributed by atoms with E-state index < -0.39 is 0 Å². The van der Waals surface area contributed by atoms with Crippen LogP contribution in [0.3, 0.4) is 0 Å². The maximum absolute atomic E-state index is 3.39. The van der Waals surface area contributed by atoms with Crippen LogP contribution in [0.5, 0.6) is 0 Å². The Morgan fingerprint density at radius 1 is 1.56 bits per heavy atom. The summed E-state index contributed by atoms with van der Waals surface area (Å²) < 4.78 is 0. The highest BCUT2D eigenvalue weighted by molar-refractivity contribution is 7.09. The molecule has 0 spiro atoms. The molecule has 1 fully saturated rings. The van der Waals surface area contributed by atoms with E-state index in [0.717, 1.165) is 32.6 Å². The molecule has 2 rings (SSSR count). The van der Waals surface area contributed by atoms with Gasteiger partial charge in [-0.25, -0.2) is 0 Å². The van der Waals surface area contributed by atoms with Crippen LogP contribution in [0.4, 0.5) is 0 Å². The predicted molar refractivity (Wildman–Crippen MR) is 69.7 cm³/mol. The first-order valence-corrected chi connectivity index (χ1v) is 6.67. The van der Waals surface area contributed by atoms with Crippen molar-refractivity contribution in [3.05, 3.63) is 22.4 Å². The number of nitrogens with zero attached hydrogens (tertiary/aromatic N) is 1. The maximum Gasteiger partial charge on any atom is 0.0604 e. The van der Waals surface area contributed by atoms with Crippen molar-refractivity contribution in [1.82, 2.24) is 10.2 Å². The van der Waals surface area contributed by atoms with Crippen molar-refractivity contribution in [2.45, 2.75) is 19.4 Å². The summed E-state index contributed by atoms with van der Waals surface area (Å²) in [7, 11) is 0. The Labute approximate surface area is 102 Å². The molecule has 1 aromatic heterocycles. The van der Waals surface area contributed by atoms with Gasteiger partial charge in [-0.1, -0.05) is 17.9 Å². The number of hydrogen-bond acceptors (Lipinski definition) is 3. The average Bonchev–Trinajstić information content (AvgIpc) is 2.79. The van der Waals surface area contributed by atoms with Crippen LogP contribution < -0.4 is 5.32 Å². The minimum absolute atomic E-state index is 0.616. The zero-order valence-corrected chi connectivity index (χ0v) is 10.5. The van der Waals surface area contributed by atoms with Crippen LogP contribution >= 0.6 is 11.3 Å². The molecule has 1 aliphatic rings. The third-order valence-corrected chi connectivity index (χ3v) is 3.77. The van der Waals surface area contributed by atoms with Gasteiger partial charge in [0.1, 0.15) is 0 Å². The molecule has 2 nitrogen and oxygen atoms in total. The second-order valence-corrected chi connectivity index (χ2v) is 5.17. The molecule has 1 atom stereocenters. The molecule has 16 heavy (non-hydrogen) atoms. The van der Waals surface area contributed by atoms with Gasteiger partial charge in [0.25, 0.3) is 0 Å². The Bertz CT molecular complexity index is 361. The number of hydrogen-bond donors (Lipinski definition) is 1. The fourth-order valence-corrected chi connectivity index (χ4v) is 2.48. The van der Waals surface area contributed by atoms with Crippen LogP contribution in [0.15, 0.2) is 17.5 Å². The molecule has 1 aromatic rings. The molecule has 1 N–H and O–H groups in total. The van der Waals surface area contributed by atoms with Crippen molar-refractivity contribution in [2.75, 3.05) is 26.2 Å². The van der Waals surface area contributed by atoms with Crippen molar-refractivity contribution in [3.63, 3.8) is 0 Å². The predicted octanol–water partition coefficient (Wildman–Crippen LogP) is 1.59. The van der Waals surface area contributed by atoms with E-state index in [-0.39, 0.29) is 0 Å². The summed E-state index contributed by atoms with van der Waals surface area (Å²) >= 11 is 1.78. The van der Waals surface area contributed by atoms with Crippen LogP contribution in [0.2, 0.25) is 0 Å². The molecule has 0 bridgehead atoms. The van der Waals surface area contributed by atoms with E-state index in [2.05, 4.69) is 46.5 Å². The van der Waals surface area contributed by atoms with Gasteiger partial charge >= 0.3 is 0 Å². The van der Waals surface area contributed by atoms with Gasteiger partial charge in [-0.05, 0) is 18.4 Å². The molecule has 1 aliphatic heterocycles. The van der Waals surface area contributed by atoms with Crippen LogP contribution in [0.1, 0.15) is 11.8 Å². The number of rotatable bonds is 2. The molecule has 2 heterocycles. The van der Waals surface area contributed by atoms with E-state index in [1.807, 2.05) is 0 Å². The third-order valence-electron chi connectivity index (χ3n) is 2.89. The zero-order chi connectivity index (χ0) is 11.2. The van der Waals surface area contributed by atoms with Gasteiger partial charge in [-0.15, -0.1) is 11.3 Å². The first-order valence-electron chi connectivity index (χ1n) is 5.79. The molecule has 86 valence electrons. The summed E-state index contributed by atoms with van der Waals surface area (Å²) in [5.41, 5.74) is 0. The van der Waals surface area contributed by atoms with E-state index in [9.17, 15) is 0 Å². The van der Waals surface area contributed by atoms with Crippen molar-refractivity contribution in [2.24, 2.45) is 0 Å². The highest BCUT2D eigenvalue weighted by atomic mass is 32.1. The molecular weight excluding hydrogens is 216 g/mol. The minimum atomic E-state index is 0.616. The largest absolute Gasteiger partial charge is 0.314 e. The summed E-state index contributed by atoms with van der Waals surface area (Å²) in [5.74, 6) is 6.53. The van der Waals surface area contributed by atoms with Crippen molar-refractivity contribution in [3.8, 4) is 11.8 Å². The molecule has 1 unspecified atom stereocenters. The summed E-state index contributed by atoms with van der Waals surface area (Å²) in [6, 6.07) is 4.84. The SMILES string of the molecule is CC1CNCCN1CC#CCc1cccs1. The Morgan fingerprint density at radius 3 is 3.25 bits per heavy atom. The van der Waals surface area contributed by atoms with E-state index in [1.165, 1.54) is 4.88 Å². The third kappa shape index (κ3) is 3.34. The monoisotopic (exact) mass is 234 g/mol. The number of thiophene rings is 1. The Morgan fingerprint density at radius 2 is 2.50 bits per heavy atom. The molecule has 0 aliphatic carbocycles. The highest BCUT2D eigenvalue weighted by Gasteiger charge is 2.15. The topological polar surface area (TPSA) is 15.3 Å². The second-order valence-electron chi connectivity index (χ2n) is 4.13. The summed E-state index contributed by atoms with van der Waals surface area (Å²) in [6.45, 7) is 6.47. The van der Waals surface area contributed by atoms with Gasteiger partial charge in [-0.2, -0.15) is 0 Å². The molecule has 3 heteroatoms. The van der Waals surface area contributed by atoms with E-state index in [4.69, 9.17) is 0 Å². The van der Waals surface area contributed by atoms with Gasteiger partial charge in [0.2, 0.25) is 0 Å². The van der Waals surface area contributed by atoms with Gasteiger partial charge in [0, 0.05) is 37.0 Å². The van der Waals surface area contributed by atoms with Crippen molar-refractivity contribution in [1.29, 1.82) is 0 Å². The highest BCUT2D eigenvalue weighted by Crippen LogP contribution is 2.08. The standard InChI is InChI=1S/C13H18N2S/c1-12-11-14-7-9-15(12)8-3-2-5-13-6-4-10-16-13/h4,6,10,12,14H,5,7-9,11H2,1H3. The Kier molecular flexibility index (Phi) is 4.41. The van der Waals surface area contributed by atoms with Gasteiger partial charge in [0.05, 0.1) is 6.54 Å². The lowest BCUT2D eigenvalue weighted by Crippen LogP contribution is -2.49. The first kappa shape index (κ1) is 11.7. The molecule has 0 aromatic carbocycles. The van der Waals surface area contributed by atoms with Gasteiger partial charge in [0.15, 0.2) is 0 Å². The summed E-state index contributed by atoms with van der Waals surface area (Å²) in [4.78, 5) is 3.80. The number of nitrogens with one attached hydrogen (secondary N) is 1. The normalized spacial score (nSPS) is 21.4. The van der Waals surface area contributed by atoms with Crippen molar-refractivity contribution >= 4 is 11.3 Å². The molecule has 0 amide bonds. The average molecular weight is 234 g/mol. The van der Waals surface area contributed by atoms with Crippen LogP contribution in [-0.4, -0.2) is 37.1 Å². The Hall–Kier alpha value is -0.820. The van der Waals surface area contributed by atoms with Gasteiger partial charge in [-0.3, -0.25) is 4.90 Å². The smallest absolute Gasteiger partial charge is 0.0604 e. The van der Waals surface area contributed by atoms with E-state index in [0.29, 0.717) is 6.04 Å². The van der Waals surface area contributed by atoms with Crippen molar-refractivity contribution < 1.29 is 0 Å². The minimum Gasteiger partial charge on any atom is -0.314 e. The number of piperazine rings is 1. The quantitative estimate of drug-likeness (QED) is 0.782. The van der Waals surface area contributed by atoms with Crippen LogP contribution in [0.25, 0.3) is 0 Å². The fourth-order valence-electron chi connectivity index (χ4n) is 1.84. The molecule has 1 saturated heterocycles. The van der Waals surface area contributed by atoms with E-state index in [1.54, 1.807) is 11.3 Å². The Balaban J connectivity index is 1.76. The summed E-state index contributed by atoms with van der Waals surface area (Å²) in [6.07, 6.45) is 0.901. The lowest BCUT2D eigenvalue weighted by atomic mass is 10.2. The molecular formula is C13H18N2S. The van der Waals surface area contributed by atoms with Gasteiger partial charge < -0.3 is 5.32 Å². The molecule has 0 saturated carbocycles. The molecule has 0 radical (unpaired) electrons. The maximum atomic E-state index is 3.39. The first-order chi connectivity index (χ1) is 7.86. The summed E-state index contributed by atoms with van der Waals surface area (Å²) in [5, 5.41) is 5.50. The lowest BCUT2D eigenvalue weighted by molar-refractivity contribution is 0.196. The van der Waals surface area contributed by atoms with Crippen LogP contribution in [-0.2, 0) is 6.42 Å². The zero-order valence-electron chi connectivity index (χ0n) is 9.70. The lowest BCUT2D eigenvalue weighted by Gasteiger charge is -2.32.